The van der Waals surface area contributed by atoms with E-state index in [-0.39, 0.29) is 22.6 Å². The number of thioether (sulfide) groups is 1. The van der Waals surface area contributed by atoms with Crippen molar-refractivity contribution in [1.82, 2.24) is 4.90 Å². The van der Waals surface area contributed by atoms with Crippen molar-refractivity contribution in [1.29, 1.82) is 0 Å². The lowest BCUT2D eigenvalue weighted by Crippen LogP contribution is -2.22. The summed E-state index contributed by atoms with van der Waals surface area (Å²) in [6.45, 7) is 1.77. The van der Waals surface area contributed by atoms with Crippen LogP contribution < -0.4 is 0 Å². The molecule has 0 saturated carbocycles. The van der Waals surface area contributed by atoms with Crippen LogP contribution in [0.2, 0.25) is 0 Å². The Labute approximate surface area is 118 Å². The summed E-state index contributed by atoms with van der Waals surface area (Å²) in [6.07, 6.45) is 0.622. The van der Waals surface area contributed by atoms with E-state index in [0.29, 0.717) is 26.1 Å². The van der Waals surface area contributed by atoms with E-state index in [0.717, 1.165) is 5.56 Å². The van der Waals surface area contributed by atoms with Gasteiger partial charge in [-0.25, -0.2) is 0 Å². The van der Waals surface area contributed by atoms with Gasteiger partial charge in [0.1, 0.15) is 0 Å². The Kier molecular flexibility index (Phi) is 4.59. The Balaban J connectivity index is 1.90. The quantitative estimate of drug-likeness (QED) is 0.867. The molecule has 1 saturated heterocycles. The Morgan fingerprint density at radius 1 is 1.35 bits per heavy atom. The number of carboxylic acids is 1. The molecule has 2 rings (SSSR count). The number of nitrogens with zero attached hydrogens (tertiary/aromatic N) is 1. The van der Waals surface area contributed by atoms with E-state index in [9.17, 15) is 18.0 Å². The van der Waals surface area contributed by atoms with Crippen LogP contribution in [0.4, 0.5) is 13.2 Å². The minimum absolute atomic E-state index is 0.135. The molecule has 7 heteroatoms. The first-order chi connectivity index (χ1) is 9.33. The van der Waals surface area contributed by atoms with Gasteiger partial charge in [0.15, 0.2) is 0 Å². The molecule has 1 aromatic carbocycles. The van der Waals surface area contributed by atoms with Gasteiger partial charge in [-0.3, -0.25) is 9.69 Å². The van der Waals surface area contributed by atoms with Crippen LogP contribution in [0, 0.1) is 5.92 Å². The SMILES string of the molecule is O=C(O)C1CCN(Cc2ccc(SC(F)(F)F)cc2)C1. The third kappa shape index (κ3) is 4.42. The van der Waals surface area contributed by atoms with E-state index in [2.05, 4.69) is 0 Å². The first-order valence-corrected chi connectivity index (χ1v) is 6.95. The van der Waals surface area contributed by atoms with Crippen LogP contribution in [0.5, 0.6) is 0 Å². The van der Waals surface area contributed by atoms with Crippen molar-refractivity contribution in [2.75, 3.05) is 13.1 Å². The van der Waals surface area contributed by atoms with Crippen LogP contribution in [-0.4, -0.2) is 34.6 Å². The van der Waals surface area contributed by atoms with E-state index in [1.165, 1.54) is 12.1 Å². The fraction of sp³-hybridized carbons (Fsp3) is 0.462. The lowest BCUT2D eigenvalue weighted by Gasteiger charge is -2.15. The van der Waals surface area contributed by atoms with Gasteiger partial charge in [0, 0.05) is 18.0 Å². The molecule has 0 aliphatic carbocycles. The number of hydrogen-bond acceptors (Lipinski definition) is 3. The van der Waals surface area contributed by atoms with Crippen molar-refractivity contribution in [2.45, 2.75) is 23.4 Å². The fourth-order valence-corrected chi connectivity index (χ4v) is 2.77. The van der Waals surface area contributed by atoms with Crippen LogP contribution in [-0.2, 0) is 11.3 Å². The van der Waals surface area contributed by atoms with E-state index in [1.54, 1.807) is 12.1 Å². The average Bonchev–Trinajstić information content (AvgIpc) is 2.78. The molecule has 0 radical (unpaired) electrons. The van der Waals surface area contributed by atoms with Crippen molar-refractivity contribution < 1.29 is 23.1 Å². The van der Waals surface area contributed by atoms with Gasteiger partial charge in [0.25, 0.3) is 0 Å². The number of rotatable bonds is 4. The first-order valence-electron chi connectivity index (χ1n) is 6.13. The Bertz CT molecular complexity index is 475. The highest BCUT2D eigenvalue weighted by atomic mass is 32.2. The fourth-order valence-electron chi connectivity index (χ4n) is 2.23. The molecule has 0 amide bonds. The second-order valence-electron chi connectivity index (χ2n) is 4.75. The normalized spacial score (nSPS) is 20.2. The molecule has 3 nitrogen and oxygen atoms in total. The van der Waals surface area contributed by atoms with Gasteiger partial charge >= 0.3 is 11.5 Å². The molecule has 0 aromatic heterocycles. The summed E-state index contributed by atoms with van der Waals surface area (Å²) in [5.74, 6) is -1.13. The molecule has 1 atom stereocenters. The predicted octanol–water partition coefficient (Wildman–Crippen LogP) is 3.21. The Morgan fingerprint density at radius 3 is 2.50 bits per heavy atom. The summed E-state index contributed by atoms with van der Waals surface area (Å²) >= 11 is -0.135. The van der Waals surface area contributed by atoms with Crippen LogP contribution in [0.3, 0.4) is 0 Å². The molecule has 1 N–H and O–H groups in total. The highest BCUT2D eigenvalue weighted by molar-refractivity contribution is 8.00. The van der Waals surface area contributed by atoms with Gasteiger partial charge < -0.3 is 5.11 Å². The van der Waals surface area contributed by atoms with Gasteiger partial charge in [-0.05, 0) is 42.4 Å². The van der Waals surface area contributed by atoms with Crippen molar-refractivity contribution in [3.8, 4) is 0 Å². The molecule has 1 aliphatic heterocycles. The lowest BCUT2D eigenvalue weighted by atomic mass is 10.1. The smallest absolute Gasteiger partial charge is 0.446 e. The molecule has 1 fully saturated rings. The third-order valence-corrected chi connectivity index (χ3v) is 3.92. The van der Waals surface area contributed by atoms with Crippen LogP contribution >= 0.6 is 11.8 Å². The van der Waals surface area contributed by atoms with Crippen molar-refractivity contribution in [3.63, 3.8) is 0 Å². The highest BCUT2D eigenvalue weighted by Crippen LogP contribution is 2.36. The molecule has 1 aromatic rings. The topological polar surface area (TPSA) is 40.5 Å². The maximum atomic E-state index is 12.2. The van der Waals surface area contributed by atoms with Gasteiger partial charge in [-0.15, -0.1) is 0 Å². The van der Waals surface area contributed by atoms with Crippen LogP contribution in [0.25, 0.3) is 0 Å². The van der Waals surface area contributed by atoms with E-state index < -0.39 is 11.5 Å². The second kappa shape index (κ2) is 6.05. The molecule has 0 bridgehead atoms. The van der Waals surface area contributed by atoms with E-state index in [4.69, 9.17) is 5.11 Å². The van der Waals surface area contributed by atoms with E-state index in [1.807, 2.05) is 4.90 Å². The summed E-state index contributed by atoms with van der Waals surface area (Å²) in [5.41, 5.74) is -3.38. The molecule has 20 heavy (non-hydrogen) atoms. The number of aliphatic carboxylic acids is 1. The number of hydrogen-bond donors (Lipinski definition) is 1. The van der Waals surface area contributed by atoms with Gasteiger partial charge in [0.2, 0.25) is 0 Å². The summed E-state index contributed by atoms with van der Waals surface area (Å²) in [6, 6.07) is 6.20. The van der Waals surface area contributed by atoms with Crippen molar-refractivity contribution in [2.24, 2.45) is 5.92 Å². The highest BCUT2D eigenvalue weighted by Gasteiger charge is 2.29. The van der Waals surface area contributed by atoms with Crippen LogP contribution in [0.1, 0.15) is 12.0 Å². The summed E-state index contributed by atoms with van der Waals surface area (Å²) < 4.78 is 36.6. The summed E-state index contributed by atoms with van der Waals surface area (Å²) in [7, 11) is 0. The maximum absolute atomic E-state index is 12.2. The Morgan fingerprint density at radius 2 is 2.00 bits per heavy atom. The molecular formula is C13H14F3NO2S. The molecule has 110 valence electrons. The number of benzene rings is 1. The zero-order valence-corrected chi connectivity index (χ0v) is 11.4. The monoisotopic (exact) mass is 305 g/mol. The van der Waals surface area contributed by atoms with Crippen molar-refractivity contribution in [3.05, 3.63) is 29.8 Å². The zero-order chi connectivity index (χ0) is 14.8. The predicted molar refractivity (Wildman–Crippen MR) is 69.4 cm³/mol. The number of likely N-dealkylation sites (tertiary alicyclic amines) is 1. The minimum Gasteiger partial charge on any atom is -0.481 e. The Hall–Kier alpha value is -1.21. The number of alkyl halides is 3. The number of halogens is 3. The van der Waals surface area contributed by atoms with Gasteiger partial charge in [0.05, 0.1) is 5.92 Å². The maximum Gasteiger partial charge on any atom is 0.446 e. The minimum atomic E-state index is -4.27. The molecular weight excluding hydrogens is 291 g/mol. The second-order valence-corrected chi connectivity index (χ2v) is 5.89. The van der Waals surface area contributed by atoms with Gasteiger partial charge in [-0.1, -0.05) is 12.1 Å². The molecule has 1 unspecified atom stereocenters. The standard InChI is InChI=1S/C13H14F3NO2S/c14-13(15,16)20-11-3-1-9(2-4-11)7-17-6-5-10(8-17)12(18)19/h1-4,10H,5-8H2,(H,18,19). The molecule has 0 spiro atoms. The van der Waals surface area contributed by atoms with Gasteiger partial charge in [-0.2, -0.15) is 13.2 Å². The molecule has 1 aliphatic rings. The van der Waals surface area contributed by atoms with Crippen molar-refractivity contribution >= 4 is 17.7 Å². The largest absolute Gasteiger partial charge is 0.481 e. The van der Waals surface area contributed by atoms with Crippen LogP contribution in [0.15, 0.2) is 29.2 Å². The molecule has 1 heterocycles. The zero-order valence-electron chi connectivity index (χ0n) is 10.6. The number of carbonyl (C=O) groups is 1. The first kappa shape index (κ1) is 15.2. The summed E-state index contributed by atoms with van der Waals surface area (Å²) in [4.78, 5) is 13.0. The average molecular weight is 305 g/mol. The summed E-state index contributed by atoms with van der Waals surface area (Å²) in [5, 5.41) is 8.91. The lowest BCUT2D eigenvalue weighted by molar-refractivity contribution is -0.141. The number of carboxylic acid groups (broad SMARTS) is 1. The van der Waals surface area contributed by atoms with E-state index >= 15 is 0 Å². The third-order valence-electron chi connectivity index (χ3n) is 3.18.